The Morgan fingerprint density at radius 2 is 1.94 bits per heavy atom. The number of ether oxygens (including phenoxy) is 1. The summed E-state index contributed by atoms with van der Waals surface area (Å²) in [5, 5.41) is 6.47. The van der Waals surface area contributed by atoms with Gasteiger partial charge in [-0.3, -0.25) is 10.1 Å². The first-order chi connectivity index (χ1) is 16.8. The summed E-state index contributed by atoms with van der Waals surface area (Å²) < 4.78 is 11.2. The molecule has 0 aliphatic heterocycles. The fourth-order valence-corrected chi connectivity index (χ4v) is 4.09. The molecule has 35 heavy (non-hydrogen) atoms. The van der Waals surface area contributed by atoms with Crippen molar-refractivity contribution in [1.82, 2.24) is 10.3 Å². The summed E-state index contributed by atoms with van der Waals surface area (Å²) in [6.45, 7) is 4.34. The fourth-order valence-electron chi connectivity index (χ4n) is 3.55. The van der Waals surface area contributed by atoms with Gasteiger partial charge in [-0.15, -0.1) is 0 Å². The third-order valence-corrected chi connectivity index (χ3v) is 6.46. The number of thiocarbonyl (C=S) groups is 1. The van der Waals surface area contributed by atoms with Gasteiger partial charge in [-0.05, 0) is 78.7 Å². The van der Waals surface area contributed by atoms with Crippen LogP contribution in [-0.2, 0) is 0 Å². The molecule has 0 saturated heterocycles. The molecule has 2 N–H and O–H groups in total. The topological polar surface area (TPSA) is 76.4 Å². The van der Waals surface area contributed by atoms with Crippen LogP contribution >= 0.6 is 35.4 Å². The maximum Gasteiger partial charge on any atom is 0.261 e. The van der Waals surface area contributed by atoms with Gasteiger partial charge in [0.1, 0.15) is 11.3 Å². The van der Waals surface area contributed by atoms with Gasteiger partial charge in [0.15, 0.2) is 10.7 Å². The first-order valence-corrected chi connectivity index (χ1v) is 12.1. The molecule has 0 radical (unpaired) electrons. The summed E-state index contributed by atoms with van der Waals surface area (Å²) in [6, 6.07) is 16.1. The second kappa shape index (κ2) is 10.6. The van der Waals surface area contributed by atoms with Crippen molar-refractivity contribution < 1.29 is 13.9 Å². The maximum absolute atomic E-state index is 12.7. The van der Waals surface area contributed by atoms with Crippen LogP contribution in [0.3, 0.4) is 0 Å². The minimum atomic E-state index is -0.467. The first kappa shape index (κ1) is 25.0. The second-order valence-corrected chi connectivity index (χ2v) is 9.25. The van der Waals surface area contributed by atoms with Crippen molar-refractivity contribution in [3.05, 3.63) is 75.8 Å². The van der Waals surface area contributed by atoms with Crippen LogP contribution in [-0.4, -0.2) is 23.1 Å². The zero-order valence-electron chi connectivity index (χ0n) is 19.3. The molecule has 0 aliphatic carbocycles. The summed E-state index contributed by atoms with van der Waals surface area (Å²) in [5.74, 6) is 0.806. The second-order valence-electron chi connectivity index (χ2n) is 8.00. The summed E-state index contributed by atoms with van der Waals surface area (Å²) in [4.78, 5) is 17.4. The lowest BCUT2D eigenvalue weighted by Gasteiger charge is -2.13. The lowest BCUT2D eigenvalue weighted by atomic mass is 9.98. The van der Waals surface area contributed by atoms with Crippen molar-refractivity contribution in [3.63, 3.8) is 0 Å². The largest absolute Gasteiger partial charge is 0.496 e. The van der Waals surface area contributed by atoms with Crippen LogP contribution in [0.2, 0.25) is 10.0 Å². The number of methoxy groups -OCH3 is 1. The number of hydrogen-bond acceptors (Lipinski definition) is 5. The number of hydrogen-bond donors (Lipinski definition) is 2. The van der Waals surface area contributed by atoms with Crippen LogP contribution in [0.4, 0.5) is 5.69 Å². The van der Waals surface area contributed by atoms with E-state index >= 15 is 0 Å². The number of nitrogens with one attached hydrogen (secondary N) is 2. The van der Waals surface area contributed by atoms with Crippen molar-refractivity contribution in [2.24, 2.45) is 0 Å². The molecule has 9 heteroatoms. The minimum absolute atomic E-state index is 0.0619. The van der Waals surface area contributed by atoms with Gasteiger partial charge in [0.25, 0.3) is 5.91 Å². The third-order valence-electron chi connectivity index (χ3n) is 5.69. The number of aromatic nitrogens is 1. The Balaban J connectivity index is 1.54. The summed E-state index contributed by atoms with van der Waals surface area (Å²) in [6.07, 6.45) is 1.04. The molecule has 0 bridgehead atoms. The SMILES string of the molecule is CC[C@@H](C)c1ccc2oc(-c3ccc(Cl)c(NC(=S)NC(=O)c4cc(Cl)ccc4OC)c3)nc2c1. The molecule has 0 fully saturated rings. The highest BCUT2D eigenvalue weighted by Crippen LogP contribution is 2.32. The molecule has 0 saturated carbocycles. The van der Waals surface area contributed by atoms with Crippen LogP contribution in [0.5, 0.6) is 5.75 Å². The molecule has 4 rings (SSSR count). The highest BCUT2D eigenvalue weighted by molar-refractivity contribution is 7.80. The number of rotatable bonds is 6. The van der Waals surface area contributed by atoms with Gasteiger partial charge < -0.3 is 14.5 Å². The van der Waals surface area contributed by atoms with Gasteiger partial charge in [-0.1, -0.05) is 43.1 Å². The van der Waals surface area contributed by atoms with Crippen LogP contribution in [0.25, 0.3) is 22.6 Å². The smallest absolute Gasteiger partial charge is 0.261 e. The van der Waals surface area contributed by atoms with Gasteiger partial charge in [0.2, 0.25) is 5.89 Å². The maximum atomic E-state index is 12.7. The van der Waals surface area contributed by atoms with Gasteiger partial charge in [-0.25, -0.2) is 4.98 Å². The molecule has 0 unspecified atom stereocenters. The van der Waals surface area contributed by atoms with Crippen molar-refractivity contribution in [1.29, 1.82) is 0 Å². The zero-order chi connectivity index (χ0) is 25.1. The molecule has 0 aliphatic rings. The Bertz CT molecular complexity index is 1420. The number of anilines is 1. The van der Waals surface area contributed by atoms with Gasteiger partial charge in [-0.2, -0.15) is 0 Å². The van der Waals surface area contributed by atoms with Gasteiger partial charge in [0.05, 0.1) is 23.4 Å². The average molecular weight is 528 g/mol. The zero-order valence-corrected chi connectivity index (χ0v) is 21.6. The predicted octanol–water partition coefficient (Wildman–Crippen LogP) is 7.45. The number of benzene rings is 3. The predicted molar refractivity (Wildman–Crippen MR) is 145 cm³/mol. The molecule has 180 valence electrons. The molecule has 4 aromatic rings. The molecule has 0 spiro atoms. The number of carbonyl (C=O) groups excluding carboxylic acids is 1. The summed E-state index contributed by atoms with van der Waals surface area (Å²) >= 11 is 17.7. The molecule has 1 heterocycles. The molecular weight excluding hydrogens is 505 g/mol. The van der Waals surface area contributed by atoms with E-state index in [4.69, 9.17) is 44.6 Å². The Morgan fingerprint density at radius 3 is 2.69 bits per heavy atom. The number of nitrogens with zero attached hydrogens (tertiary/aromatic N) is 1. The number of oxazole rings is 1. The number of amides is 1. The van der Waals surface area contributed by atoms with E-state index in [0.29, 0.717) is 44.4 Å². The van der Waals surface area contributed by atoms with E-state index in [1.807, 2.05) is 12.1 Å². The van der Waals surface area contributed by atoms with E-state index in [-0.39, 0.29) is 10.7 Å². The number of fused-ring (bicyclic) bond motifs is 1. The Hall–Kier alpha value is -3.13. The Morgan fingerprint density at radius 1 is 1.14 bits per heavy atom. The van der Waals surface area contributed by atoms with Gasteiger partial charge >= 0.3 is 0 Å². The summed E-state index contributed by atoms with van der Waals surface area (Å²) in [7, 11) is 1.47. The highest BCUT2D eigenvalue weighted by Gasteiger charge is 2.16. The van der Waals surface area contributed by atoms with Crippen LogP contribution in [0.1, 0.15) is 42.1 Å². The van der Waals surface area contributed by atoms with E-state index < -0.39 is 5.91 Å². The van der Waals surface area contributed by atoms with Crippen LogP contribution < -0.4 is 15.4 Å². The van der Waals surface area contributed by atoms with Gasteiger partial charge in [0, 0.05) is 10.6 Å². The fraction of sp³-hybridized carbons (Fsp3) is 0.192. The van der Waals surface area contributed by atoms with E-state index in [0.717, 1.165) is 11.9 Å². The van der Waals surface area contributed by atoms with Crippen LogP contribution in [0.15, 0.2) is 59.0 Å². The Labute approximate surface area is 218 Å². The highest BCUT2D eigenvalue weighted by atomic mass is 35.5. The molecule has 1 atom stereocenters. The lowest BCUT2D eigenvalue weighted by Crippen LogP contribution is -2.34. The Kier molecular flexibility index (Phi) is 7.60. The first-order valence-electron chi connectivity index (χ1n) is 10.9. The monoisotopic (exact) mass is 527 g/mol. The number of halogens is 2. The normalized spacial score (nSPS) is 11.8. The lowest BCUT2D eigenvalue weighted by molar-refractivity contribution is 0.0974. The molecule has 1 aromatic heterocycles. The van der Waals surface area contributed by atoms with E-state index in [2.05, 4.69) is 41.6 Å². The molecular formula is C26H23Cl2N3O3S. The van der Waals surface area contributed by atoms with E-state index in [9.17, 15) is 4.79 Å². The van der Waals surface area contributed by atoms with Crippen LogP contribution in [0, 0.1) is 0 Å². The quantitative estimate of drug-likeness (QED) is 0.253. The number of carbonyl (C=O) groups is 1. The molecule has 1 amide bonds. The van der Waals surface area contributed by atoms with Crippen molar-refractivity contribution >= 4 is 63.2 Å². The standard InChI is InChI=1S/C26H23Cl2N3O3S/c1-4-14(2)15-6-9-23-21(11-15)29-25(34-23)16-5-8-19(28)20(12-16)30-26(35)31-24(32)18-13-17(27)7-10-22(18)33-3/h5-14H,4H2,1-3H3,(H2,30,31,32,35)/t14-/m1/s1. The van der Waals surface area contributed by atoms with E-state index in [1.165, 1.54) is 18.7 Å². The third kappa shape index (κ3) is 5.59. The van der Waals surface area contributed by atoms with E-state index in [1.54, 1.807) is 24.3 Å². The van der Waals surface area contributed by atoms with Crippen molar-refractivity contribution in [2.45, 2.75) is 26.2 Å². The van der Waals surface area contributed by atoms with Crippen molar-refractivity contribution in [2.75, 3.05) is 12.4 Å². The minimum Gasteiger partial charge on any atom is -0.496 e. The average Bonchev–Trinajstić information content (AvgIpc) is 3.28. The molecule has 6 nitrogen and oxygen atoms in total. The summed E-state index contributed by atoms with van der Waals surface area (Å²) in [5.41, 5.74) is 4.18. The molecule has 3 aromatic carbocycles. The van der Waals surface area contributed by atoms with Crippen molar-refractivity contribution in [3.8, 4) is 17.2 Å².